The second-order valence-corrected chi connectivity index (χ2v) is 11.9. The number of aliphatic hydroxyl groups excluding tert-OH is 1. The monoisotopic (exact) mass is 500 g/mol. The van der Waals surface area contributed by atoms with Gasteiger partial charge in [-0.2, -0.15) is 0 Å². The van der Waals surface area contributed by atoms with Crippen molar-refractivity contribution in [3.05, 3.63) is 47.5 Å². The maximum absolute atomic E-state index is 12.3. The highest BCUT2D eigenvalue weighted by Gasteiger charge is 2.81. The maximum atomic E-state index is 12.3. The van der Waals surface area contributed by atoms with Gasteiger partial charge in [0.15, 0.2) is 5.60 Å². The van der Waals surface area contributed by atoms with Crippen LogP contribution in [0.25, 0.3) is 0 Å². The molecule has 0 spiro atoms. The highest BCUT2D eigenvalue weighted by molar-refractivity contribution is 5.67. The normalized spacial score (nSPS) is 45.4. The number of fused-ring (bicyclic) bond motifs is 2. The smallest absolute Gasteiger partial charge is 0.303 e. The van der Waals surface area contributed by atoms with Crippen LogP contribution < -0.4 is 0 Å². The summed E-state index contributed by atoms with van der Waals surface area (Å²) in [6, 6.07) is 9.92. The Hall–Kier alpha value is -1.77. The van der Waals surface area contributed by atoms with Gasteiger partial charge in [0, 0.05) is 30.1 Å². The summed E-state index contributed by atoms with van der Waals surface area (Å²) in [6.45, 7) is 10.3. The number of carbonyl (C=O) groups excluding carboxylic acids is 1. The van der Waals surface area contributed by atoms with Crippen molar-refractivity contribution in [2.75, 3.05) is 13.4 Å². The lowest BCUT2D eigenvalue weighted by atomic mass is 9.34. The number of carbonyl (C=O) groups is 1. The number of ether oxygens (including phenoxy) is 4. The van der Waals surface area contributed by atoms with Crippen LogP contribution in [-0.4, -0.2) is 59.1 Å². The van der Waals surface area contributed by atoms with Crippen LogP contribution in [0.4, 0.5) is 0 Å². The maximum Gasteiger partial charge on any atom is 0.303 e. The number of aliphatic hydroxyl groups is 2. The van der Waals surface area contributed by atoms with E-state index in [1.807, 2.05) is 44.2 Å². The Labute approximate surface area is 213 Å². The van der Waals surface area contributed by atoms with E-state index in [4.69, 9.17) is 18.9 Å². The minimum absolute atomic E-state index is 0.0716. The van der Waals surface area contributed by atoms with E-state index in [2.05, 4.69) is 19.9 Å². The second-order valence-electron chi connectivity index (χ2n) is 11.9. The topological polar surface area (TPSA) is 94.5 Å². The zero-order valence-electron chi connectivity index (χ0n) is 22.0. The molecule has 1 heterocycles. The number of hydrogen-bond donors (Lipinski definition) is 2. The predicted octanol–water partition coefficient (Wildman–Crippen LogP) is 3.76. The highest BCUT2D eigenvalue weighted by atomic mass is 16.7. The minimum Gasteiger partial charge on any atom is -0.453 e. The fourth-order valence-electron chi connectivity index (χ4n) is 7.95. The van der Waals surface area contributed by atoms with Gasteiger partial charge in [0.2, 0.25) is 0 Å². The Morgan fingerprint density at radius 2 is 1.94 bits per heavy atom. The molecule has 0 amide bonds. The van der Waals surface area contributed by atoms with E-state index in [9.17, 15) is 15.0 Å². The van der Waals surface area contributed by atoms with Crippen LogP contribution in [0.15, 0.2) is 42.0 Å². The summed E-state index contributed by atoms with van der Waals surface area (Å²) in [4.78, 5) is 12.3. The van der Waals surface area contributed by atoms with E-state index < -0.39 is 40.2 Å². The molecule has 198 valence electrons. The molecule has 1 aromatic rings. The van der Waals surface area contributed by atoms with Crippen molar-refractivity contribution >= 4 is 5.97 Å². The first kappa shape index (κ1) is 25.9. The standard InChI is InChI=1S/C29H40O7/c1-18-11-12-28(32)24(25(26(28,4)14-18)35-17-33-15-21-9-7-6-8-10-21)27(5)19(2)22(31)13-23-29(27,16-34-23)36-20(3)30/h6-10,14,19,22-25,31-32H,11-13,15-17H2,1-5H3. The number of hydrogen-bond acceptors (Lipinski definition) is 7. The van der Waals surface area contributed by atoms with Crippen molar-refractivity contribution < 1.29 is 34.0 Å². The molecular weight excluding hydrogens is 460 g/mol. The SMILES string of the molecule is CC(=O)OC12COC1CC(O)C(C)C2(C)C1C(OCOCc2ccccc2)C2(C)C=C(C)CCC12O. The molecule has 9 unspecified atom stereocenters. The first-order valence-corrected chi connectivity index (χ1v) is 13.1. The minimum atomic E-state index is -1.08. The van der Waals surface area contributed by atoms with Crippen molar-refractivity contribution in [1.82, 2.24) is 0 Å². The van der Waals surface area contributed by atoms with Gasteiger partial charge in [0.25, 0.3) is 0 Å². The molecule has 9 atom stereocenters. The summed E-state index contributed by atoms with van der Waals surface area (Å²) in [5.41, 5.74) is -1.14. The molecule has 0 bridgehead atoms. The Kier molecular flexibility index (Phi) is 6.40. The molecule has 7 heteroatoms. The Bertz CT molecular complexity index is 1030. The van der Waals surface area contributed by atoms with E-state index in [1.54, 1.807) is 0 Å². The summed E-state index contributed by atoms with van der Waals surface area (Å²) < 4.78 is 24.3. The second kappa shape index (κ2) is 8.91. The molecule has 7 nitrogen and oxygen atoms in total. The van der Waals surface area contributed by atoms with Crippen molar-refractivity contribution in [3.8, 4) is 0 Å². The summed E-state index contributed by atoms with van der Waals surface area (Å²) >= 11 is 0. The highest BCUT2D eigenvalue weighted by Crippen LogP contribution is 2.72. The lowest BCUT2D eigenvalue weighted by Crippen LogP contribution is -2.85. The van der Waals surface area contributed by atoms with Gasteiger partial charge >= 0.3 is 5.97 Å². The average Bonchev–Trinajstić information content (AvgIpc) is 2.83. The van der Waals surface area contributed by atoms with Crippen molar-refractivity contribution in [2.24, 2.45) is 22.7 Å². The number of benzene rings is 1. The molecule has 4 aliphatic rings. The van der Waals surface area contributed by atoms with E-state index in [1.165, 1.54) is 12.5 Å². The molecule has 3 fully saturated rings. The van der Waals surface area contributed by atoms with Gasteiger partial charge in [0.05, 0.1) is 31.0 Å². The van der Waals surface area contributed by atoms with Crippen LogP contribution >= 0.6 is 0 Å². The van der Waals surface area contributed by atoms with E-state index in [0.717, 1.165) is 12.0 Å². The molecule has 36 heavy (non-hydrogen) atoms. The third kappa shape index (κ3) is 3.47. The summed E-state index contributed by atoms with van der Waals surface area (Å²) in [7, 11) is 0. The quantitative estimate of drug-likeness (QED) is 0.255. The molecule has 5 rings (SSSR count). The van der Waals surface area contributed by atoms with Crippen molar-refractivity contribution in [3.63, 3.8) is 0 Å². The average molecular weight is 501 g/mol. The van der Waals surface area contributed by atoms with Gasteiger partial charge in [0.1, 0.15) is 12.9 Å². The van der Waals surface area contributed by atoms with Gasteiger partial charge in [-0.3, -0.25) is 4.79 Å². The Morgan fingerprint density at radius 3 is 2.58 bits per heavy atom. The Balaban J connectivity index is 1.49. The molecule has 2 N–H and O–H groups in total. The molecule has 0 aromatic heterocycles. The first-order valence-electron chi connectivity index (χ1n) is 13.1. The van der Waals surface area contributed by atoms with Crippen molar-refractivity contribution in [1.29, 1.82) is 0 Å². The fourth-order valence-corrected chi connectivity index (χ4v) is 7.95. The van der Waals surface area contributed by atoms with Crippen LogP contribution in [0.2, 0.25) is 0 Å². The molecule has 1 aliphatic heterocycles. The molecule has 2 saturated carbocycles. The van der Waals surface area contributed by atoms with Crippen LogP contribution in [0.3, 0.4) is 0 Å². The number of allylic oxidation sites excluding steroid dienone is 1. The zero-order valence-corrected chi connectivity index (χ0v) is 22.0. The van der Waals surface area contributed by atoms with Gasteiger partial charge in [-0.05, 0) is 31.2 Å². The molecule has 0 radical (unpaired) electrons. The van der Waals surface area contributed by atoms with E-state index in [0.29, 0.717) is 19.4 Å². The van der Waals surface area contributed by atoms with Gasteiger partial charge < -0.3 is 29.2 Å². The van der Waals surface area contributed by atoms with E-state index in [-0.39, 0.29) is 31.4 Å². The lowest BCUT2D eigenvalue weighted by molar-refractivity contribution is -0.403. The molecule has 1 saturated heterocycles. The molecule has 3 aliphatic carbocycles. The lowest BCUT2D eigenvalue weighted by Gasteiger charge is -2.75. The predicted molar refractivity (Wildman–Crippen MR) is 133 cm³/mol. The van der Waals surface area contributed by atoms with Gasteiger partial charge in [-0.15, -0.1) is 0 Å². The van der Waals surface area contributed by atoms with Crippen LogP contribution in [0.5, 0.6) is 0 Å². The summed E-state index contributed by atoms with van der Waals surface area (Å²) in [5, 5.41) is 23.4. The van der Waals surface area contributed by atoms with Crippen molar-refractivity contribution in [2.45, 2.75) is 90.0 Å². The first-order chi connectivity index (χ1) is 17.0. The zero-order chi connectivity index (χ0) is 25.9. The largest absolute Gasteiger partial charge is 0.453 e. The fraction of sp³-hybridized carbons (Fsp3) is 0.690. The van der Waals surface area contributed by atoms with Gasteiger partial charge in [-0.1, -0.05) is 62.8 Å². The van der Waals surface area contributed by atoms with Crippen LogP contribution in [-0.2, 0) is 30.3 Å². The van der Waals surface area contributed by atoms with Crippen LogP contribution in [0, 0.1) is 22.7 Å². The summed E-state index contributed by atoms with van der Waals surface area (Å²) in [5.74, 6) is -1.02. The summed E-state index contributed by atoms with van der Waals surface area (Å²) in [6.07, 6.45) is 2.47. The Morgan fingerprint density at radius 1 is 1.22 bits per heavy atom. The number of esters is 1. The number of rotatable bonds is 7. The third-order valence-electron chi connectivity index (χ3n) is 10.1. The molecular formula is C29H40O7. The van der Waals surface area contributed by atoms with Gasteiger partial charge in [-0.25, -0.2) is 0 Å². The van der Waals surface area contributed by atoms with Crippen LogP contribution in [0.1, 0.15) is 59.4 Å². The molecule has 1 aromatic carbocycles. The van der Waals surface area contributed by atoms with E-state index >= 15 is 0 Å². The third-order valence-corrected chi connectivity index (χ3v) is 10.1.